The van der Waals surface area contributed by atoms with E-state index in [1.54, 1.807) is 18.2 Å². The monoisotopic (exact) mass is 395 g/mol. The summed E-state index contributed by atoms with van der Waals surface area (Å²) in [6.45, 7) is 8.22. The number of carbonyl (C=O) groups excluding carboxylic acids is 1. The molecule has 5 heteroatoms. The van der Waals surface area contributed by atoms with Crippen LogP contribution in [-0.4, -0.2) is 19.0 Å². The van der Waals surface area contributed by atoms with E-state index < -0.39 is 5.91 Å². The summed E-state index contributed by atoms with van der Waals surface area (Å²) in [5.41, 5.74) is 3.49. The molecule has 0 saturated carbocycles. The Morgan fingerprint density at radius 1 is 1.14 bits per heavy atom. The van der Waals surface area contributed by atoms with Gasteiger partial charge in [-0.15, -0.1) is 0 Å². The Labute approximate surface area is 172 Å². The van der Waals surface area contributed by atoms with E-state index in [0.717, 1.165) is 42.7 Å². The molecule has 0 aliphatic carbocycles. The van der Waals surface area contributed by atoms with Crippen LogP contribution >= 0.6 is 11.6 Å². The van der Waals surface area contributed by atoms with Crippen LogP contribution in [0, 0.1) is 18.3 Å². The summed E-state index contributed by atoms with van der Waals surface area (Å²) in [5, 5.41) is 12.7. The Bertz CT molecular complexity index is 876. The van der Waals surface area contributed by atoms with Crippen LogP contribution in [0.15, 0.2) is 48.0 Å². The van der Waals surface area contributed by atoms with Crippen molar-refractivity contribution < 1.29 is 4.79 Å². The molecule has 2 aromatic carbocycles. The van der Waals surface area contributed by atoms with Crippen LogP contribution in [0.3, 0.4) is 0 Å². The fourth-order valence-electron chi connectivity index (χ4n) is 2.93. The fraction of sp³-hybridized carbons (Fsp3) is 0.304. The van der Waals surface area contributed by atoms with E-state index in [-0.39, 0.29) is 5.57 Å². The lowest BCUT2D eigenvalue weighted by Gasteiger charge is -2.23. The van der Waals surface area contributed by atoms with Crippen molar-refractivity contribution in [3.05, 3.63) is 64.2 Å². The molecule has 0 spiro atoms. The molecule has 0 radical (unpaired) electrons. The number of carbonyl (C=O) groups is 1. The highest BCUT2D eigenvalue weighted by Crippen LogP contribution is 2.22. The molecule has 0 aliphatic rings. The maximum Gasteiger partial charge on any atom is 0.266 e. The molecule has 0 atom stereocenters. The van der Waals surface area contributed by atoms with Gasteiger partial charge in [0.25, 0.3) is 5.91 Å². The second-order valence-corrected chi connectivity index (χ2v) is 7.10. The van der Waals surface area contributed by atoms with E-state index in [1.807, 2.05) is 43.3 Å². The summed E-state index contributed by atoms with van der Waals surface area (Å²) >= 11 is 5.99. The quantitative estimate of drug-likeness (QED) is 0.452. The largest absolute Gasteiger partial charge is 0.372 e. The van der Waals surface area contributed by atoms with Gasteiger partial charge in [-0.05, 0) is 61.2 Å². The summed E-state index contributed by atoms with van der Waals surface area (Å²) in [6, 6.07) is 15.2. The van der Waals surface area contributed by atoms with E-state index in [4.69, 9.17) is 11.6 Å². The SMILES string of the molecule is CCCN(CCC)c1ccc(/C=C(\C#N)C(=O)Nc2cc(Cl)ccc2C)cc1. The number of nitriles is 1. The number of benzene rings is 2. The number of nitrogens with zero attached hydrogens (tertiary/aromatic N) is 2. The highest BCUT2D eigenvalue weighted by atomic mass is 35.5. The molecule has 0 bridgehead atoms. The van der Waals surface area contributed by atoms with Gasteiger partial charge in [0.1, 0.15) is 11.6 Å². The summed E-state index contributed by atoms with van der Waals surface area (Å²) < 4.78 is 0. The minimum absolute atomic E-state index is 0.0473. The standard InChI is InChI=1S/C23H26ClN3O/c1-4-12-27(13-5-2)21-10-7-18(8-11-21)14-19(16-25)23(28)26-22-15-20(24)9-6-17(22)3/h6-11,14-15H,4-5,12-13H2,1-3H3,(H,26,28)/b19-14+. The average Bonchev–Trinajstić information content (AvgIpc) is 2.69. The first-order valence-electron chi connectivity index (χ1n) is 9.52. The molecular formula is C23H26ClN3O. The average molecular weight is 396 g/mol. The van der Waals surface area contributed by atoms with Gasteiger partial charge in [0, 0.05) is 29.5 Å². The van der Waals surface area contributed by atoms with Crippen LogP contribution in [0.4, 0.5) is 11.4 Å². The Kier molecular flexibility index (Phi) is 8.10. The van der Waals surface area contributed by atoms with Crippen molar-refractivity contribution in [2.45, 2.75) is 33.6 Å². The molecule has 1 amide bonds. The first-order chi connectivity index (χ1) is 13.5. The lowest BCUT2D eigenvalue weighted by Crippen LogP contribution is -2.24. The molecule has 4 nitrogen and oxygen atoms in total. The molecule has 1 N–H and O–H groups in total. The van der Waals surface area contributed by atoms with E-state index in [1.165, 1.54) is 0 Å². The normalized spacial score (nSPS) is 11.0. The number of amides is 1. The summed E-state index contributed by atoms with van der Waals surface area (Å²) in [4.78, 5) is 14.8. The van der Waals surface area contributed by atoms with E-state index in [2.05, 4.69) is 24.1 Å². The molecule has 0 fully saturated rings. The minimum atomic E-state index is -0.449. The predicted molar refractivity (Wildman–Crippen MR) is 118 cm³/mol. The van der Waals surface area contributed by atoms with E-state index >= 15 is 0 Å². The number of rotatable bonds is 8. The van der Waals surface area contributed by atoms with Gasteiger partial charge < -0.3 is 10.2 Å². The molecule has 146 valence electrons. The Hall–Kier alpha value is -2.77. The molecule has 2 aromatic rings. The molecule has 0 saturated heterocycles. The summed E-state index contributed by atoms with van der Waals surface area (Å²) in [6.07, 6.45) is 3.77. The number of halogens is 1. The third kappa shape index (κ3) is 5.87. The topological polar surface area (TPSA) is 56.1 Å². The van der Waals surface area contributed by atoms with Crippen molar-refractivity contribution in [1.82, 2.24) is 0 Å². The Balaban J connectivity index is 2.18. The van der Waals surface area contributed by atoms with Crippen LogP contribution in [0.1, 0.15) is 37.8 Å². The van der Waals surface area contributed by atoms with Gasteiger partial charge in [-0.2, -0.15) is 5.26 Å². The Morgan fingerprint density at radius 2 is 1.79 bits per heavy atom. The van der Waals surface area contributed by atoms with Crippen molar-refractivity contribution in [3.8, 4) is 6.07 Å². The molecule has 28 heavy (non-hydrogen) atoms. The third-order valence-electron chi connectivity index (χ3n) is 4.37. The lowest BCUT2D eigenvalue weighted by atomic mass is 10.1. The number of nitrogens with one attached hydrogen (secondary N) is 1. The van der Waals surface area contributed by atoms with Crippen LogP contribution in [0.25, 0.3) is 6.08 Å². The molecule has 0 aliphatic heterocycles. The zero-order chi connectivity index (χ0) is 20.5. The maximum atomic E-state index is 12.5. The first kappa shape index (κ1) is 21.5. The Morgan fingerprint density at radius 3 is 2.36 bits per heavy atom. The van der Waals surface area contributed by atoms with Crippen molar-refractivity contribution in [1.29, 1.82) is 5.26 Å². The zero-order valence-electron chi connectivity index (χ0n) is 16.6. The van der Waals surface area contributed by atoms with E-state index in [0.29, 0.717) is 10.7 Å². The summed E-state index contributed by atoms with van der Waals surface area (Å²) in [5.74, 6) is -0.449. The molecular weight excluding hydrogens is 370 g/mol. The fourth-order valence-corrected chi connectivity index (χ4v) is 3.10. The molecule has 0 heterocycles. The van der Waals surface area contributed by atoms with Crippen LogP contribution < -0.4 is 10.2 Å². The second kappa shape index (κ2) is 10.5. The van der Waals surface area contributed by atoms with Gasteiger partial charge in [-0.3, -0.25) is 4.79 Å². The number of anilines is 2. The van der Waals surface area contributed by atoms with Gasteiger partial charge in [0.2, 0.25) is 0 Å². The van der Waals surface area contributed by atoms with Crippen molar-refractivity contribution >= 4 is 35.0 Å². The second-order valence-electron chi connectivity index (χ2n) is 6.66. The smallest absolute Gasteiger partial charge is 0.266 e. The minimum Gasteiger partial charge on any atom is -0.372 e. The summed E-state index contributed by atoms with van der Waals surface area (Å²) in [7, 11) is 0. The molecule has 2 rings (SSSR count). The van der Waals surface area contributed by atoms with Gasteiger partial charge in [-0.25, -0.2) is 0 Å². The number of aryl methyl sites for hydroxylation is 1. The van der Waals surface area contributed by atoms with Crippen molar-refractivity contribution in [3.63, 3.8) is 0 Å². The highest BCUT2D eigenvalue weighted by Gasteiger charge is 2.12. The molecule has 0 unspecified atom stereocenters. The zero-order valence-corrected chi connectivity index (χ0v) is 17.4. The highest BCUT2D eigenvalue weighted by molar-refractivity contribution is 6.31. The van der Waals surface area contributed by atoms with Crippen molar-refractivity contribution in [2.75, 3.05) is 23.3 Å². The lowest BCUT2D eigenvalue weighted by molar-refractivity contribution is -0.112. The third-order valence-corrected chi connectivity index (χ3v) is 4.60. The van der Waals surface area contributed by atoms with Gasteiger partial charge in [0.15, 0.2) is 0 Å². The number of hydrogen-bond donors (Lipinski definition) is 1. The molecule has 0 aromatic heterocycles. The van der Waals surface area contributed by atoms with Gasteiger partial charge in [-0.1, -0.05) is 43.6 Å². The van der Waals surface area contributed by atoms with Crippen LogP contribution in [0.2, 0.25) is 5.02 Å². The predicted octanol–water partition coefficient (Wildman–Crippen LogP) is 5.82. The van der Waals surface area contributed by atoms with E-state index in [9.17, 15) is 10.1 Å². The van der Waals surface area contributed by atoms with Crippen LogP contribution in [-0.2, 0) is 4.79 Å². The van der Waals surface area contributed by atoms with Gasteiger partial charge in [0.05, 0.1) is 0 Å². The van der Waals surface area contributed by atoms with Crippen LogP contribution in [0.5, 0.6) is 0 Å². The first-order valence-corrected chi connectivity index (χ1v) is 9.90. The number of hydrogen-bond acceptors (Lipinski definition) is 3. The van der Waals surface area contributed by atoms with Crippen molar-refractivity contribution in [2.24, 2.45) is 0 Å². The maximum absolute atomic E-state index is 12.5. The van der Waals surface area contributed by atoms with Gasteiger partial charge >= 0.3 is 0 Å².